The van der Waals surface area contributed by atoms with E-state index in [4.69, 9.17) is 4.74 Å². The Hall–Kier alpha value is -0.590. The Balaban J connectivity index is 2.02. The Bertz CT molecular complexity index is 283. The normalized spacial score (nSPS) is 39.8. The maximum Gasteiger partial charge on any atom is 0.0836 e. The van der Waals surface area contributed by atoms with Gasteiger partial charge in [0.2, 0.25) is 0 Å². The SMILES string of the molecule is CCC1CCC(C#N)(C(O)C2CCOC2)CC1. The summed E-state index contributed by atoms with van der Waals surface area (Å²) >= 11 is 0. The Kier molecular flexibility index (Phi) is 4.06. The monoisotopic (exact) mass is 237 g/mol. The number of hydrogen-bond acceptors (Lipinski definition) is 3. The summed E-state index contributed by atoms with van der Waals surface area (Å²) in [5.41, 5.74) is -0.496. The smallest absolute Gasteiger partial charge is 0.0836 e. The molecular weight excluding hydrogens is 214 g/mol. The molecule has 3 heteroatoms. The fourth-order valence-electron chi connectivity index (χ4n) is 3.33. The minimum Gasteiger partial charge on any atom is -0.391 e. The van der Waals surface area contributed by atoms with E-state index in [9.17, 15) is 10.4 Å². The maximum atomic E-state index is 10.5. The van der Waals surface area contributed by atoms with E-state index in [0.29, 0.717) is 6.61 Å². The predicted molar refractivity (Wildman–Crippen MR) is 65.2 cm³/mol. The summed E-state index contributed by atoms with van der Waals surface area (Å²) in [6, 6.07) is 2.43. The Morgan fingerprint density at radius 2 is 2.12 bits per heavy atom. The van der Waals surface area contributed by atoms with Gasteiger partial charge < -0.3 is 9.84 Å². The summed E-state index contributed by atoms with van der Waals surface area (Å²) < 4.78 is 5.33. The number of rotatable bonds is 3. The largest absolute Gasteiger partial charge is 0.391 e. The lowest BCUT2D eigenvalue weighted by atomic mass is 9.65. The first-order valence-electron chi connectivity index (χ1n) is 6.89. The molecule has 1 N–H and O–H groups in total. The lowest BCUT2D eigenvalue weighted by Gasteiger charge is -2.40. The van der Waals surface area contributed by atoms with Crippen LogP contribution in [0, 0.1) is 28.6 Å². The molecule has 2 rings (SSSR count). The molecule has 0 bridgehead atoms. The van der Waals surface area contributed by atoms with Crippen LogP contribution in [0.1, 0.15) is 45.4 Å². The van der Waals surface area contributed by atoms with Gasteiger partial charge in [-0.2, -0.15) is 5.26 Å². The van der Waals surface area contributed by atoms with Crippen molar-refractivity contribution < 1.29 is 9.84 Å². The number of hydrogen-bond donors (Lipinski definition) is 1. The van der Waals surface area contributed by atoms with Crippen molar-refractivity contribution in [1.29, 1.82) is 5.26 Å². The number of ether oxygens (including phenoxy) is 1. The summed E-state index contributed by atoms with van der Waals surface area (Å²) in [5, 5.41) is 20.0. The lowest BCUT2D eigenvalue weighted by Crippen LogP contribution is -2.42. The number of aliphatic hydroxyl groups is 1. The van der Waals surface area contributed by atoms with Crippen molar-refractivity contribution in [3.63, 3.8) is 0 Å². The van der Waals surface area contributed by atoms with Gasteiger partial charge in [-0.3, -0.25) is 0 Å². The van der Waals surface area contributed by atoms with Crippen LogP contribution >= 0.6 is 0 Å². The third-order valence-corrected chi connectivity index (χ3v) is 4.78. The van der Waals surface area contributed by atoms with E-state index in [1.54, 1.807) is 0 Å². The molecule has 2 fully saturated rings. The van der Waals surface area contributed by atoms with Crippen molar-refractivity contribution in [2.24, 2.45) is 17.3 Å². The molecule has 0 aromatic heterocycles. The average molecular weight is 237 g/mol. The molecule has 96 valence electrons. The minimum absolute atomic E-state index is 0.174. The molecule has 0 radical (unpaired) electrons. The molecule has 3 nitrogen and oxygen atoms in total. The lowest BCUT2D eigenvalue weighted by molar-refractivity contribution is -0.0179. The summed E-state index contributed by atoms with van der Waals surface area (Å²) in [5.74, 6) is 0.927. The molecule has 2 atom stereocenters. The number of nitrogens with zero attached hydrogens (tertiary/aromatic N) is 1. The quantitative estimate of drug-likeness (QED) is 0.820. The van der Waals surface area contributed by atoms with Crippen molar-refractivity contribution in [3.05, 3.63) is 0 Å². The summed E-state index contributed by atoms with van der Waals surface area (Å²) in [6.45, 7) is 3.58. The first kappa shape index (κ1) is 12.9. The average Bonchev–Trinajstić information content (AvgIpc) is 2.92. The number of nitriles is 1. The van der Waals surface area contributed by atoms with Gasteiger partial charge in [-0.15, -0.1) is 0 Å². The summed E-state index contributed by atoms with van der Waals surface area (Å²) in [7, 11) is 0. The first-order chi connectivity index (χ1) is 8.22. The van der Waals surface area contributed by atoms with Crippen LogP contribution in [-0.2, 0) is 4.74 Å². The molecule has 0 aromatic rings. The third kappa shape index (κ3) is 2.48. The standard InChI is InChI=1S/C14H23NO2/c1-2-11-3-6-14(10-15,7-4-11)13(16)12-5-8-17-9-12/h11-13,16H,2-9H2,1H3. The second-order valence-corrected chi connectivity index (χ2v) is 5.69. The van der Waals surface area contributed by atoms with E-state index in [0.717, 1.165) is 44.6 Å². The molecule has 17 heavy (non-hydrogen) atoms. The minimum atomic E-state index is -0.496. The fourth-order valence-corrected chi connectivity index (χ4v) is 3.33. The molecule has 0 spiro atoms. The highest BCUT2D eigenvalue weighted by atomic mass is 16.5. The van der Waals surface area contributed by atoms with Gasteiger partial charge in [0, 0.05) is 12.5 Å². The molecule has 1 heterocycles. The van der Waals surface area contributed by atoms with Crippen molar-refractivity contribution in [2.45, 2.75) is 51.6 Å². The van der Waals surface area contributed by atoms with Crippen molar-refractivity contribution in [2.75, 3.05) is 13.2 Å². The van der Waals surface area contributed by atoms with E-state index < -0.39 is 11.5 Å². The van der Waals surface area contributed by atoms with Crippen LogP contribution in [0.25, 0.3) is 0 Å². The van der Waals surface area contributed by atoms with Crippen LogP contribution in [0.4, 0.5) is 0 Å². The second-order valence-electron chi connectivity index (χ2n) is 5.69. The molecule has 1 saturated heterocycles. The van der Waals surface area contributed by atoms with Gasteiger partial charge in [-0.25, -0.2) is 0 Å². The summed E-state index contributed by atoms with van der Waals surface area (Å²) in [4.78, 5) is 0. The van der Waals surface area contributed by atoms with Crippen LogP contribution in [0.15, 0.2) is 0 Å². The van der Waals surface area contributed by atoms with E-state index >= 15 is 0 Å². The van der Waals surface area contributed by atoms with Gasteiger partial charge in [0.05, 0.1) is 24.2 Å². The Labute approximate surface area is 104 Å². The van der Waals surface area contributed by atoms with Gasteiger partial charge >= 0.3 is 0 Å². The molecular formula is C14H23NO2. The molecule has 2 unspecified atom stereocenters. The second kappa shape index (κ2) is 5.37. The molecule has 1 saturated carbocycles. The van der Waals surface area contributed by atoms with Gasteiger partial charge in [0.1, 0.15) is 0 Å². The maximum absolute atomic E-state index is 10.5. The van der Waals surface area contributed by atoms with Crippen LogP contribution in [0.5, 0.6) is 0 Å². The molecule has 1 aliphatic heterocycles. The van der Waals surface area contributed by atoms with Crippen molar-refractivity contribution >= 4 is 0 Å². The molecule has 2 aliphatic rings. The number of aliphatic hydroxyl groups excluding tert-OH is 1. The Morgan fingerprint density at radius 1 is 1.41 bits per heavy atom. The highest BCUT2D eigenvalue weighted by Gasteiger charge is 2.45. The van der Waals surface area contributed by atoms with Gasteiger partial charge in [0.25, 0.3) is 0 Å². The van der Waals surface area contributed by atoms with Crippen molar-refractivity contribution in [1.82, 2.24) is 0 Å². The highest BCUT2D eigenvalue weighted by molar-refractivity contribution is 5.07. The van der Waals surface area contributed by atoms with E-state index in [1.165, 1.54) is 6.42 Å². The first-order valence-corrected chi connectivity index (χ1v) is 6.89. The topological polar surface area (TPSA) is 53.2 Å². The Morgan fingerprint density at radius 3 is 2.59 bits per heavy atom. The predicted octanol–water partition coefficient (Wildman–Crippen LogP) is 2.49. The van der Waals surface area contributed by atoms with E-state index in [-0.39, 0.29) is 5.92 Å². The molecule has 0 amide bonds. The zero-order valence-electron chi connectivity index (χ0n) is 10.7. The van der Waals surface area contributed by atoms with Crippen LogP contribution in [0.3, 0.4) is 0 Å². The van der Waals surface area contributed by atoms with Crippen LogP contribution in [-0.4, -0.2) is 24.4 Å². The molecule has 0 aromatic carbocycles. The van der Waals surface area contributed by atoms with Crippen LogP contribution in [0.2, 0.25) is 0 Å². The van der Waals surface area contributed by atoms with Crippen LogP contribution < -0.4 is 0 Å². The van der Waals surface area contributed by atoms with Gasteiger partial charge in [-0.1, -0.05) is 13.3 Å². The van der Waals surface area contributed by atoms with E-state index in [2.05, 4.69) is 13.0 Å². The van der Waals surface area contributed by atoms with Crippen molar-refractivity contribution in [3.8, 4) is 6.07 Å². The fraction of sp³-hybridized carbons (Fsp3) is 0.929. The zero-order chi connectivity index (χ0) is 12.3. The van der Waals surface area contributed by atoms with Gasteiger partial charge in [0.15, 0.2) is 0 Å². The third-order valence-electron chi connectivity index (χ3n) is 4.78. The zero-order valence-corrected chi connectivity index (χ0v) is 10.7. The van der Waals surface area contributed by atoms with Gasteiger partial charge in [-0.05, 0) is 38.0 Å². The molecule has 1 aliphatic carbocycles. The van der Waals surface area contributed by atoms with E-state index in [1.807, 2.05) is 0 Å². The highest BCUT2D eigenvalue weighted by Crippen LogP contribution is 2.45. The summed E-state index contributed by atoms with van der Waals surface area (Å²) in [6.07, 6.45) is 5.52.